The Kier molecular flexibility index (Phi) is 4.78. The van der Waals surface area contributed by atoms with Gasteiger partial charge in [-0.15, -0.1) is 0 Å². The number of benzene rings is 2. The summed E-state index contributed by atoms with van der Waals surface area (Å²) in [4.78, 5) is 9.02. The summed E-state index contributed by atoms with van der Waals surface area (Å²) in [5.41, 5.74) is 4.49. The third-order valence-electron chi connectivity index (χ3n) is 4.79. The molecule has 3 nitrogen and oxygen atoms in total. The van der Waals surface area contributed by atoms with Crippen LogP contribution in [0.25, 0.3) is 10.9 Å². The van der Waals surface area contributed by atoms with Gasteiger partial charge in [-0.3, -0.25) is 9.97 Å². The van der Waals surface area contributed by atoms with Crippen molar-refractivity contribution in [3.8, 4) is 5.75 Å². The smallest absolute Gasteiger partial charge is 0.145 e. The Morgan fingerprint density at radius 3 is 2.56 bits per heavy atom. The second kappa shape index (κ2) is 7.37. The number of fused-ring (bicyclic) bond motifs is 1. The normalized spacial score (nSPS) is 12.2. The van der Waals surface area contributed by atoms with Crippen LogP contribution in [0, 0.1) is 6.92 Å². The zero-order chi connectivity index (χ0) is 18.8. The molecule has 0 saturated carbocycles. The number of phenols is 1. The molecular formula is C23H19ClN2O. The van der Waals surface area contributed by atoms with E-state index >= 15 is 0 Å². The van der Waals surface area contributed by atoms with E-state index in [1.807, 2.05) is 73.7 Å². The number of hydrogen-bond donors (Lipinski definition) is 1. The lowest BCUT2D eigenvalue weighted by atomic mass is 9.86. The van der Waals surface area contributed by atoms with E-state index in [0.29, 0.717) is 17.0 Å². The van der Waals surface area contributed by atoms with Crippen LogP contribution in [0.4, 0.5) is 0 Å². The highest BCUT2D eigenvalue weighted by Gasteiger charge is 2.21. The minimum absolute atomic E-state index is 0.0528. The molecule has 0 radical (unpaired) electrons. The number of pyridine rings is 2. The fourth-order valence-corrected chi connectivity index (χ4v) is 3.58. The number of rotatable bonds is 4. The van der Waals surface area contributed by atoms with Gasteiger partial charge >= 0.3 is 0 Å². The van der Waals surface area contributed by atoms with Crippen LogP contribution in [0.15, 0.2) is 72.9 Å². The van der Waals surface area contributed by atoms with Crippen molar-refractivity contribution in [2.24, 2.45) is 0 Å². The zero-order valence-electron chi connectivity index (χ0n) is 14.9. The molecule has 27 heavy (non-hydrogen) atoms. The van der Waals surface area contributed by atoms with Crippen molar-refractivity contribution >= 4 is 22.5 Å². The molecule has 2 heterocycles. The van der Waals surface area contributed by atoms with Gasteiger partial charge in [-0.1, -0.05) is 48.0 Å². The Hall–Kier alpha value is -2.91. The van der Waals surface area contributed by atoms with Gasteiger partial charge in [0, 0.05) is 45.9 Å². The van der Waals surface area contributed by atoms with Gasteiger partial charge in [-0.05, 0) is 42.8 Å². The van der Waals surface area contributed by atoms with Gasteiger partial charge in [-0.2, -0.15) is 0 Å². The van der Waals surface area contributed by atoms with E-state index in [2.05, 4.69) is 9.97 Å². The van der Waals surface area contributed by atoms with Crippen molar-refractivity contribution in [2.45, 2.75) is 19.3 Å². The van der Waals surface area contributed by atoms with E-state index in [1.54, 1.807) is 6.20 Å². The van der Waals surface area contributed by atoms with Crippen LogP contribution in [0.2, 0.25) is 5.02 Å². The van der Waals surface area contributed by atoms with E-state index in [1.165, 1.54) is 0 Å². The van der Waals surface area contributed by atoms with Crippen molar-refractivity contribution < 1.29 is 5.11 Å². The topological polar surface area (TPSA) is 46.0 Å². The molecule has 0 fully saturated rings. The third-order valence-corrected chi connectivity index (χ3v) is 5.04. The summed E-state index contributed by atoms with van der Waals surface area (Å²) in [7, 11) is 0. The molecule has 134 valence electrons. The summed E-state index contributed by atoms with van der Waals surface area (Å²) < 4.78 is 0. The van der Waals surface area contributed by atoms with Crippen molar-refractivity contribution in [3.63, 3.8) is 0 Å². The first-order chi connectivity index (χ1) is 13.1. The molecule has 0 aliphatic rings. The molecular weight excluding hydrogens is 356 g/mol. The lowest BCUT2D eigenvalue weighted by Crippen LogP contribution is -2.07. The number of aromatic hydroxyl groups is 1. The molecule has 4 aromatic rings. The molecule has 1 atom stereocenters. The van der Waals surface area contributed by atoms with Crippen LogP contribution >= 0.6 is 11.6 Å². The van der Waals surface area contributed by atoms with Gasteiger partial charge < -0.3 is 5.11 Å². The Morgan fingerprint density at radius 2 is 1.78 bits per heavy atom. The first-order valence-corrected chi connectivity index (χ1v) is 9.24. The van der Waals surface area contributed by atoms with Crippen LogP contribution in [-0.4, -0.2) is 15.1 Å². The number of aryl methyl sites for hydroxylation is 1. The van der Waals surface area contributed by atoms with Crippen LogP contribution in [0.1, 0.15) is 28.4 Å². The average molecular weight is 375 g/mol. The Bertz CT molecular complexity index is 1090. The fourth-order valence-electron chi connectivity index (χ4n) is 3.45. The summed E-state index contributed by atoms with van der Waals surface area (Å²) in [6.45, 7) is 1.98. The zero-order valence-corrected chi connectivity index (χ0v) is 15.7. The predicted molar refractivity (Wildman–Crippen MR) is 109 cm³/mol. The molecule has 4 heteroatoms. The lowest BCUT2D eigenvalue weighted by molar-refractivity contribution is 0.469. The maximum atomic E-state index is 11.0. The summed E-state index contributed by atoms with van der Waals surface area (Å²) in [6, 6.07) is 21.6. The fraction of sp³-hybridized carbons (Fsp3) is 0.130. The van der Waals surface area contributed by atoms with Crippen LogP contribution in [0.3, 0.4) is 0 Å². The Labute approximate surface area is 163 Å². The van der Waals surface area contributed by atoms with Crippen molar-refractivity contribution in [1.29, 1.82) is 0 Å². The minimum Gasteiger partial charge on any atom is -0.505 e. The van der Waals surface area contributed by atoms with E-state index < -0.39 is 0 Å². The predicted octanol–water partition coefficient (Wildman–Crippen LogP) is 5.67. The molecule has 0 bridgehead atoms. The Morgan fingerprint density at radius 1 is 0.963 bits per heavy atom. The van der Waals surface area contributed by atoms with Crippen LogP contribution < -0.4 is 0 Å². The third kappa shape index (κ3) is 3.64. The molecule has 2 aromatic carbocycles. The van der Waals surface area contributed by atoms with Gasteiger partial charge in [0.15, 0.2) is 0 Å². The Balaban J connectivity index is 1.84. The second-order valence-corrected chi connectivity index (χ2v) is 7.09. The van der Waals surface area contributed by atoms with E-state index in [9.17, 15) is 5.11 Å². The van der Waals surface area contributed by atoms with Crippen molar-refractivity contribution in [2.75, 3.05) is 0 Å². The van der Waals surface area contributed by atoms with Crippen LogP contribution in [0.5, 0.6) is 5.75 Å². The molecule has 1 unspecified atom stereocenters. The molecule has 0 saturated heterocycles. The first-order valence-electron chi connectivity index (χ1n) is 8.86. The maximum absolute atomic E-state index is 11.0. The van der Waals surface area contributed by atoms with E-state index in [-0.39, 0.29) is 11.7 Å². The van der Waals surface area contributed by atoms with Gasteiger partial charge in [-0.25, -0.2) is 0 Å². The average Bonchev–Trinajstić information content (AvgIpc) is 2.68. The monoisotopic (exact) mass is 374 g/mol. The first kappa shape index (κ1) is 17.5. The van der Waals surface area contributed by atoms with E-state index in [4.69, 9.17) is 11.6 Å². The van der Waals surface area contributed by atoms with Gasteiger partial charge in [0.05, 0.1) is 0 Å². The van der Waals surface area contributed by atoms with Gasteiger partial charge in [0.1, 0.15) is 11.3 Å². The van der Waals surface area contributed by atoms with E-state index in [0.717, 1.165) is 27.9 Å². The molecule has 1 N–H and O–H groups in total. The molecule has 0 spiro atoms. The summed E-state index contributed by atoms with van der Waals surface area (Å²) in [5.74, 6) is 0.170. The number of halogens is 1. The molecule has 2 aromatic heterocycles. The highest BCUT2D eigenvalue weighted by molar-refractivity contribution is 6.30. The standard InChI is InChI=1S/C23H19ClN2O/c1-15-4-2-6-19(26-15)14-21(16-7-10-18(24)11-8-16)20-12-9-17-5-3-13-25-22(17)23(20)27/h2-13,21,27H,14H2,1H3. The lowest BCUT2D eigenvalue weighted by Gasteiger charge is -2.20. The highest BCUT2D eigenvalue weighted by Crippen LogP contribution is 2.37. The minimum atomic E-state index is -0.0528. The number of nitrogens with zero attached hydrogens (tertiary/aromatic N) is 2. The van der Waals surface area contributed by atoms with Gasteiger partial charge in [0.2, 0.25) is 0 Å². The number of aromatic nitrogens is 2. The summed E-state index contributed by atoms with van der Waals surface area (Å²) in [6.07, 6.45) is 2.38. The maximum Gasteiger partial charge on any atom is 0.145 e. The largest absolute Gasteiger partial charge is 0.505 e. The van der Waals surface area contributed by atoms with Crippen molar-refractivity contribution in [3.05, 3.63) is 100 Å². The molecule has 4 rings (SSSR count). The molecule has 0 aliphatic carbocycles. The number of phenolic OH excluding ortho intramolecular Hbond substituents is 1. The number of hydrogen-bond acceptors (Lipinski definition) is 3. The summed E-state index contributed by atoms with van der Waals surface area (Å²) >= 11 is 6.08. The van der Waals surface area contributed by atoms with Crippen LogP contribution in [-0.2, 0) is 6.42 Å². The van der Waals surface area contributed by atoms with Crippen molar-refractivity contribution in [1.82, 2.24) is 9.97 Å². The second-order valence-electron chi connectivity index (χ2n) is 6.66. The molecule has 0 aliphatic heterocycles. The highest BCUT2D eigenvalue weighted by atomic mass is 35.5. The van der Waals surface area contributed by atoms with Gasteiger partial charge in [0.25, 0.3) is 0 Å². The SMILES string of the molecule is Cc1cccc(CC(c2ccc(Cl)cc2)c2ccc3cccnc3c2O)n1. The quantitative estimate of drug-likeness (QED) is 0.500. The molecule has 0 amide bonds. The summed E-state index contributed by atoms with van der Waals surface area (Å²) in [5, 5.41) is 12.6.